The van der Waals surface area contributed by atoms with Crippen LogP contribution in [-0.4, -0.2) is 56.8 Å². The van der Waals surface area contributed by atoms with Gasteiger partial charge >= 0.3 is 5.97 Å². The Kier molecular flexibility index (Phi) is 6.73. The molecular formula is C17H21NO7S. The summed E-state index contributed by atoms with van der Waals surface area (Å²) in [6.07, 6.45) is 0.767. The lowest BCUT2D eigenvalue weighted by atomic mass is 10.1. The number of esters is 1. The van der Waals surface area contributed by atoms with Crippen molar-refractivity contribution in [2.24, 2.45) is 0 Å². The van der Waals surface area contributed by atoms with E-state index in [9.17, 15) is 22.8 Å². The van der Waals surface area contributed by atoms with Crippen LogP contribution in [0.3, 0.4) is 0 Å². The fraction of sp³-hybridized carbons (Fsp3) is 0.471. The topological polar surface area (TPSA) is 116 Å². The van der Waals surface area contributed by atoms with Gasteiger partial charge in [-0.1, -0.05) is 6.92 Å². The van der Waals surface area contributed by atoms with Crippen molar-refractivity contribution < 1.29 is 32.3 Å². The Morgan fingerprint density at radius 3 is 2.42 bits per heavy atom. The van der Waals surface area contributed by atoms with Gasteiger partial charge in [0, 0.05) is 18.0 Å². The molecule has 2 rings (SSSR count). The second-order valence-corrected chi connectivity index (χ2v) is 8.15. The average Bonchev–Trinajstić information content (AvgIpc) is 2.96. The molecule has 142 valence electrons. The first-order valence-electron chi connectivity index (χ1n) is 8.20. The van der Waals surface area contributed by atoms with Crippen LogP contribution in [-0.2, 0) is 24.2 Å². The zero-order valence-corrected chi connectivity index (χ0v) is 15.2. The molecule has 1 fully saturated rings. The SMILES string of the molecule is CCC(=O)c1ccc(OCC(=O)OCC(=O)NC2CCS(=O)(=O)C2)cc1. The summed E-state index contributed by atoms with van der Waals surface area (Å²) in [5, 5.41) is 2.52. The first-order valence-corrected chi connectivity index (χ1v) is 10.0. The van der Waals surface area contributed by atoms with E-state index in [1.54, 1.807) is 31.2 Å². The van der Waals surface area contributed by atoms with E-state index >= 15 is 0 Å². The molecule has 0 spiro atoms. The molecule has 1 unspecified atom stereocenters. The van der Waals surface area contributed by atoms with Crippen LogP contribution in [0, 0.1) is 0 Å². The maximum atomic E-state index is 11.7. The Hall–Kier alpha value is -2.42. The number of benzene rings is 1. The zero-order chi connectivity index (χ0) is 19.2. The lowest BCUT2D eigenvalue weighted by Crippen LogP contribution is -2.38. The van der Waals surface area contributed by atoms with Crippen molar-refractivity contribution in [3.05, 3.63) is 29.8 Å². The Morgan fingerprint density at radius 1 is 1.15 bits per heavy atom. The number of Topliss-reactive ketones (excluding diaryl/α,β-unsaturated/α-hetero) is 1. The molecule has 1 aliphatic rings. The van der Waals surface area contributed by atoms with E-state index in [0.29, 0.717) is 24.2 Å². The normalized spacial score (nSPS) is 18.1. The number of rotatable bonds is 8. The second kappa shape index (κ2) is 8.79. The predicted octanol–water partition coefficient (Wildman–Crippen LogP) is 0.505. The third kappa shape index (κ3) is 6.14. The fourth-order valence-electron chi connectivity index (χ4n) is 2.45. The maximum absolute atomic E-state index is 11.7. The Bertz CT molecular complexity index is 771. The molecule has 1 aromatic carbocycles. The third-order valence-corrected chi connectivity index (χ3v) is 5.58. The molecule has 0 aliphatic carbocycles. The molecule has 9 heteroatoms. The molecular weight excluding hydrogens is 362 g/mol. The summed E-state index contributed by atoms with van der Waals surface area (Å²) in [4.78, 5) is 34.8. The van der Waals surface area contributed by atoms with Crippen molar-refractivity contribution in [2.45, 2.75) is 25.8 Å². The molecule has 1 aliphatic heterocycles. The maximum Gasteiger partial charge on any atom is 0.344 e. The summed E-state index contributed by atoms with van der Waals surface area (Å²) in [6, 6.07) is 5.92. The predicted molar refractivity (Wildman–Crippen MR) is 92.7 cm³/mol. The first kappa shape index (κ1) is 19.9. The largest absolute Gasteiger partial charge is 0.482 e. The zero-order valence-electron chi connectivity index (χ0n) is 14.4. The molecule has 1 aromatic rings. The summed E-state index contributed by atoms with van der Waals surface area (Å²) < 4.78 is 32.6. The highest BCUT2D eigenvalue weighted by Gasteiger charge is 2.29. The highest BCUT2D eigenvalue weighted by molar-refractivity contribution is 7.91. The highest BCUT2D eigenvalue weighted by atomic mass is 32.2. The van der Waals surface area contributed by atoms with Gasteiger partial charge in [0.15, 0.2) is 28.8 Å². The number of ether oxygens (including phenoxy) is 2. The number of amides is 1. The summed E-state index contributed by atoms with van der Waals surface area (Å²) in [7, 11) is -3.09. The van der Waals surface area contributed by atoms with Gasteiger partial charge in [-0.15, -0.1) is 0 Å². The van der Waals surface area contributed by atoms with Crippen LogP contribution in [0.25, 0.3) is 0 Å². The van der Waals surface area contributed by atoms with Crippen LogP contribution >= 0.6 is 0 Å². The van der Waals surface area contributed by atoms with Crippen molar-refractivity contribution in [3.63, 3.8) is 0 Å². The van der Waals surface area contributed by atoms with Gasteiger partial charge in [0.25, 0.3) is 5.91 Å². The third-order valence-electron chi connectivity index (χ3n) is 3.82. The van der Waals surface area contributed by atoms with Crippen molar-refractivity contribution in [3.8, 4) is 5.75 Å². The molecule has 0 aromatic heterocycles. The van der Waals surface area contributed by atoms with Crippen molar-refractivity contribution in [1.29, 1.82) is 0 Å². The van der Waals surface area contributed by atoms with Gasteiger partial charge in [-0.25, -0.2) is 13.2 Å². The Labute approximate surface area is 151 Å². The quantitative estimate of drug-likeness (QED) is 0.513. The molecule has 0 bridgehead atoms. The number of carbonyl (C=O) groups excluding carboxylic acids is 3. The Morgan fingerprint density at radius 2 is 1.85 bits per heavy atom. The summed E-state index contributed by atoms with van der Waals surface area (Å²) in [5.74, 6) is -0.913. The molecule has 0 saturated carbocycles. The minimum absolute atomic E-state index is 0.0111. The van der Waals surface area contributed by atoms with Crippen molar-refractivity contribution in [1.82, 2.24) is 5.32 Å². The van der Waals surface area contributed by atoms with Gasteiger partial charge in [-0.3, -0.25) is 9.59 Å². The van der Waals surface area contributed by atoms with Crippen molar-refractivity contribution >= 4 is 27.5 Å². The van der Waals surface area contributed by atoms with Gasteiger partial charge in [-0.05, 0) is 30.7 Å². The van der Waals surface area contributed by atoms with E-state index in [-0.39, 0.29) is 23.9 Å². The van der Waals surface area contributed by atoms with Gasteiger partial charge in [0.1, 0.15) is 5.75 Å². The molecule has 1 amide bonds. The van der Waals surface area contributed by atoms with Crippen LogP contribution in [0.1, 0.15) is 30.1 Å². The molecule has 26 heavy (non-hydrogen) atoms. The van der Waals surface area contributed by atoms with Gasteiger partial charge in [-0.2, -0.15) is 0 Å². The first-order chi connectivity index (χ1) is 12.3. The molecule has 1 heterocycles. The molecule has 1 saturated heterocycles. The van der Waals surface area contributed by atoms with Gasteiger partial charge < -0.3 is 14.8 Å². The summed E-state index contributed by atoms with van der Waals surface area (Å²) >= 11 is 0. The number of carbonyl (C=O) groups is 3. The van der Waals surface area contributed by atoms with E-state index in [4.69, 9.17) is 9.47 Å². The Balaban J connectivity index is 1.68. The number of hydrogen-bond donors (Lipinski definition) is 1. The minimum atomic E-state index is -3.09. The van der Waals surface area contributed by atoms with E-state index in [0.717, 1.165) is 0 Å². The molecule has 1 N–H and O–H groups in total. The van der Waals surface area contributed by atoms with Crippen LogP contribution in [0.2, 0.25) is 0 Å². The van der Waals surface area contributed by atoms with E-state index in [2.05, 4.69) is 5.32 Å². The highest BCUT2D eigenvalue weighted by Crippen LogP contribution is 2.13. The molecule has 1 atom stereocenters. The van der Waals surface area contributed by atoms with Crippen LogP contribution in [0.5, 0.6) is 5.75 Å². The van der Waals surface area contributed by atoms with E-state index in [1.165, 1.54) is 0 Å². The van der Waals surface area contributed by atoms with E-state index in [1.807, 2.05) is 0 Å². The smallest absolute Gasteiger partial charge is 0.344 e. The van der Waals surface area contributed by atoms with Crippen LogP contribution < -0.4 is 10.1 Å². The van der Waals surface area contributed by atoms with Gasteiger partial charge in [0.2, 0.25) is 0 Å². The standard InChI is InChI=1S/C17H21NO7S/c1-2-15(19)12-3-5-14(6-4-12)24-10-17(21)25-9-16(20)18-13-7-8-26(22,23)11-13/h3-6,13H,2,7-11H2,1H3,(H,18,20). The second-order valence-electron chi connectivity index (χ2n) is 5.92. The number of sulfone groups is 1. The van der Waals surface area contributed by atoms with Crippen molar-refractivity contribution in [2.75, 3.05) is 24.7 Å². The number of ketones is 1. The minimum Gasteiger partial charge on any atom is -0.482 e. The number of nitrogens with one attached hydrogen (secondary N) is 1. The fourth-order valence-corrected chi connectivity index (χ4v) is 4.12. The summed E-state index contributed by atoms with van der Waals surface area (Å²) in [5.41, 5.74) is 0.563. The van der Waals surface area contributed by atoms with Crippen LogP contribution in [0.15, 0.2) is 24.3 Å². The average molecular weight is 383 g/mol. The van der Waals surface area contributed by atoms with Gasteiger partial charge in [0.05, 0.1) is 11.5 Å². The number of hydrogen-bond acceptors (Lipinski definition) is 7. The summed E-state index contributed by atoms with van der Waals surface area (Å²) in [6.45, 7) is 0.888. The molecule has 8 nitrogen and oxygen atoms in total. The molecule has 0 radical (unpaired) electrons. The monoisotopic (exact) mass is 383 g/mol. The van der Waals surface area contributed by atoms with E-state index < -0.39 is 34.4 Å². The lowest BCUT2D eigenvalue weighted by Gasteiger charge is -2.11. The van der Waals surface area contributed by atoms with Crippen LogP contribution in [0.4, 0.5) is 0 Å². The lowest BCUT2D eigenvalue weighted by molar-refractivity contribution is -0.150.